The second-order valence-electron chi connectivity index (χ2n) is 6.27. The first kappa shape index (κ1) is 19.0. The number of aryl methyl sites for hydroxylation is 1. The second kappa shape index (κ2) is 7.48. The highest BCUT2D eigenvalue weighted by atomic mass is 35.5. The van der Waals surface area contributed by atoms with Crippen LogP contribution in [-0.4, -0.2) is 15.7 Å². The third kappa shape index (κ3) is 3.71. The second-order valence-corrected chi connectivity index (χ2v) is 6.68. The van der Waals surface area contributed by atoms with E-state index in [4.69, 9.17) is 11.6 Å². The summed E-state index contributed by atoms with van der Waals surface area (Å²) in [5.74, 6) is -1.77. The Kier molecular flexibility index (Phi) is 5.28. The van der Waals surface area contributed by atoms with Crippen molar-refractivity contribution in [1.82, 2.24) is 15.1 Å². The van der Waals surface area contributed by atoms with Crippen molar-refractivity contribution in [3.05, 3.63) is 81.6 Å². The van der Waals surface area contributed by atoms with Crippen LogP contribution in [-0.2, 0) is 0 Å². The van der Waals surface area contributed by atoms with Crippen LogP contribution in [0.25, 0.3) is 5.69 Å². The Morgan fingerprint density at radius 1 is 1.19 bits per heavy atom. The van der Waals surface area contributed by atoms with Gasteiger partial charge < -0.3 is 5.32 Å². The van der Waals surface area contributed by atoms with Gasteiger partial charge in [0.1, 0.15) is 11.5 Å². The van der Waals surface area contributed by atoms with Gasteiger partial charge in [0.15, 0.2) is 5.82 Å². The van der Waals surface area contributed by atoms with Crippen molar-refractivity contribution in [2.45, 2.75) is 26.8 Å². The van der Waals surface area contributed by atoms with Crippen molar-refractivity contribution in [3.63, 3.8) is 0 Å². The van der Waals surface area contributed by atoms with Gasteiger partial charge in [0.2, 0.25) is 0 Å². The van der Waals surface area contributed by atoms with Gasteiger partial charge in [0.05, 0.1) is 23.0 Å². The number of nitrogens with one attached hydrogen (secondary N) is 1. The highest BCUT2D eigenvalue weighted by Gasteiger charge is 2.23. The van der Waals surface area contributed by atoms with Crippen LogP contribution in [0.1, 0.15) is 40.3 Å². The van der Waals surface area contributed by atoms with E-state index in [0.29, 0.717) is 22.0 Å². The lowest BCUT2D eigenvalue weighted by atomic mass is 10.1. The molecule has 1 unspecified atom stereocenters. The number of hydrogen-bond acceptors (Lipinski definition) is 2. The molecule has 27 heavy (non-hydrogen) atoms. The fourth-order valence-corrected chi connectivity index (χ4v) is 3.33. The van der Waals surface area contributed by atoms with Crippen molar-refractivity contribution in [3.8, 4) is 5.69 Å². The fraction of sp³-hybridized carbons (Fsp3) is 0.200. The molecule has 0 fully saturated rings. The summed E-state index contributed by atoms with van der Waals surface area (Å²) in [5, 5.41) is 7.71. The topological polar surface area (TPSA) is 46.9 Å². The summed E-state index contributed by atoms with van der Waals surface area (Å²) in [6, 6.07) is 10.1. The number of benzene rings is 2. The zero-order chi connectivity index (χ0) is 19.7. The predicted molar refractivity (Wildman–Crippen MR) is 100 cm³/mol. The summed E-state index contributed by atoms with van der Waals surface area (Å²) in [6.07, 6.45) is 0. The molecule has 0 saturated heterocycles. The maximum Gasteiger partial charge on any atom is 0.255 e. The third-order valence-electron chi connectivity index (χ3n) is 4.38. The first-order valence-corrected chi connectivity index (χ1v) is 8.74. The van der Waals surface area contributed by atoms with E-state index >= 15 is 0 Å². The van der Waals surface area contributed by atoms with Gasteiger partial charge >= 0.3 is 0 Å². The lowest BCUT2D eigenvalue weighted by molar-refractivity contribution is 0.0938. The van der Waals surface area contributed by atoms with Gasteiger partial charge in [-0.05, 0) is 44.5 Å². The molecule has 1 heterocycles. The number of hydrogen-bond donors (Lipinski definition) is 1. The predicted octanol–water partition coefficient (Wildman–Crippen LogP) is 4.91. The van der Waals surface area contributed by atoms with Crippen LogP contribution in [0, 0.1) is 25.5 Å². The van der Waals surface area contributed by atoms with Gasteiger partial charge in [-0.25, -0.2) is 13.5 Å². The lowest BCUT2D eigenvalue weighted by Gasteiger charge is -2.16. The quantitative estimate of drug-likeness (QED) is 0.689. The summed E-state index contributed by atoms with van der Waals surface area (Å²) < 4.78 is 28.6. The van der Waals surface area contributed by atoms with Gasteiger partial charge in [-0.1, -0.05) is 29.8 Å². The molecular formula is C20H18ClF2N3O. The first-order valence-electron chi connectivity index (χ1n) is 8.36. The van der Waals surface area contributed by atoms with E-state index in [0.717, 1.165) is 17.7 Å². The zero-order valence-electron chi connectivity index (χ0n) is 15.1. The fourth-order valence-electron chi connectivity index (χ4n) is 3.03. The van der Waals surface area contributed by atoms with E-state index < -0.39 is 11.6 Å². The van der Waals surface area contributed by atoms with Crippen molar-refractivity contribution < 1.29 is 13.6 Å². The average molecular weight is 390 g/mol. The van der Waals surface area contributed by atoms with Gasteiger partial charge in [0, 0.05) is 11.1 Å². The van der Waals surface area contributed by atoms with Crippen LogP contribution in [0.2, 0.25) is 5.02 Å². The molecule has 0 aliphatic heterocycles. The maximum absolute atomic E-state index is 14.1. The van der Waals surface area contributed by atoms with Crippen LogP contribution in [0.4, 0.5) is 8.78 Å². The lowest BCUT2D eigenvalue weighted by Crippen LogP contribution is -2.27. The van der Waals surface area contributed by atoms with Crippen LogP contribution >= 0.6 is 11.6 Å². The summed E-state index contributed by atoms with van der Waals surface area (Å²) in [4.78, 5) is 12.8. The molecular weight excluding hydrogens is 372 g/mol. The summed E-state index contributed by atoms with van der Waals surface area (Å²) >= 11 is 6.19. The van der Waals surface area contributed by atoms with Crippen LogP contribution in [0.3, 0.4) is 0 Å². The van der Waals surface area contributed by atoms with E-state index in [1.807, 2.05) is 25.1 Å². The third-order valence-corrected chi connectivity index (χ3v) is 4.72. The Morgan fingerprint density at radius 2 is 1.89 bits per heavy atom. The van der Waals surface area contributed by atoms with Crippen LogP contribution < -0.4 is 5.32 Å². The molecule has 0 aliphatic rings. The number of carbonyl (C=O) groups is 1. The minimum absolute atomic E-state index is 0.0789. The van der Waals surface area contributed by atoms with Crippen molar-refractivity contribution in [2.24, 2.45) is 0 Å². The summed E-state index contributed by atoms with van der Waals surface area (Å²) in [5.41, 5.74) is 2.12. The standard InChI is InChI=1S/C20H18ClF2N3O/c1-11(15-6-4-5-7-16(15)21)24-20(27)19-12(2)25-26(13(19)3)18-9-8-14(22)10-17(18)23/h4-11H,1-3H3,(H,24,27). The van der Waals surface area contributed by atoms with Gasteiger partial charge in [0.25, 0.3) is 5.91 Å². The molecule has 140 valence electrons. The van der Waals surface area contributed by atoms with Crippen molar-refractivity contribution in [1.29, 1.82) is 0 Å². The minimum Gasteiger partial charge on any atom is -0.345 e. The number of halogens is 3. The highest BCUT2D eigenvalue weighted by molar-refractivity contribution is 6.31. The minimum atomic E-state index is -0.753. The Hall–Kier alpha value is -2.73. The van der Waals surface area contributed by atoms with Crippen LogP contribution in [0.5, 0.6) is 0 Å². The molecule has 7 heteroatoms. The molecule has 4 nitrogen and oxygen atoms in total. The van der Waals surface area contributed by atoms with Gasteiger partial charge in [-0.15, -0.1) is 0 Å². The van der Waals surface area contributed by atoms with Crippen LogP contribution in [0.15, 0.2) is 42.5 Å². The Balaban J connectivity index is 1.92. The largest absolute Gasteiger partial charge is 0.345 e. The maximum atomic E-state index is 14.1. The molecule has 0 radical (unpaired) electrons. The number of amides is 1. The SMILES string of the molecule is Cc1nn(-c2ccc(F)cc2F)c(C)c1C(=O)NC(C)c1ccccc1Cl. The molecule has 3 rings (SSSR count). The molecule has 3 aromatic rings. The van der Waals surface area contributed by atoms with Gasteiger partial charge in [-0.3, -0.25) is 4.79 Å². The Bertz CT molecular complexity index is 1020. The van der Waals surface area contributed by atoms with E-state index in [-0.39, 0.29) is 17.6 Å². The number of nitrogens with zero attached hydrogens (tertiary/aromatic N) is 2. The zero-order valence-corrected chi connectivity index (χ0v) is 15.8. The van der Waals surface area contributed by atoms with Gasteiger partial charge in [-0.2, -0.15) is 5.10 Å². The smallest absolute Gasteiger partial charge is 0.255 e. The molecule has 1 amide bonds. The number of rotatable bonds is 4. The number of carbonyl (C=O) groups excluding carboxylic acids is 1. The Morgan fingerprint density at radius 3 is 2.56 bits per heavy atom. The average Bonchev–Trinajstić information content (AvgIpc) is 2.89. The molecule has 1 atom stereocenters. The summed E-state index contributed by atoms with van der Waals surface area (Å²) in [6.45, 7) is 5.16. The van der Waals surface area contributed by atoms with Crippen molar-refractivity contribution >= 4 is 17.5 Å². The molecule has 0 saturated carbocycles. The van der Waals surface area contributed by atoms with E-state index in [2.05, 4.69) is 10.4 Å². The van der Waals surface area contributed by atoms with E-state index in [1.165, 1.54) is 10.7 Å². The van der Waals surface area contributed by atoms with E-state index in [1.54, 1.807) is 19.9 Å². The monoisotopic (exact) mass is 389 g/mol. The molecule has 1 aromatic heterocycles. The first-order chi connectivity index (χ1) is 12.8. The highest BCUT2D eigenvalue weighted by Crippen LogP contribution is 2.24. The normalized spacial score (nSPS) is 12.1. The molecule has 0 aliphatic carbocycles. The summed E-state index contributed by atoms with van der Waals surface area (Å²) in [7, 11) is 0. The molecule has 2 aromatic carbocycles. The number of aromatic nitrogens is 2. The van der Waals surface area contributed by atoms with Crippen molar-refractivity contribution in [2.75, 3.05) is 0 Å². The molecule has 1 N–H and O–H groups in total. The molecule has 0 spiro atoms. The van der Waals surface area contributed by atoms with E-state index in [9.17, 15) is 13.6 Å². The molecule has 0 bridgehead atoms. The Labute approximate surface area is 160 Å².